The van der Waals surface area contributed by atoms with Crippen LogP contribution in [0.5, 0.6) is 0 Å². The normalized spacial score (nSPS) is 13.3. The minimum Gasteiger partial charge on any atom is -0.462 e. The number of aryl methyl sites for hydroxylation is 1. The molecule has 0 saturated heterocycles. The number of aromatic nitrogens is 2. The Balaban J connectivity index is 2.43. The first-order chi connectivity index (χ1) is 29.9. The lowest BCUT2D eigenvalue weighted by Crippen LogP contribution is -2.31. The second kappa shape index (κ2) is 43.8. The number of rotatable bonds is 48. The number of ether oxygens (including phenoxy) is 1. The van der Waals surface area contributed by atoms with Crippen LogP contribution in [-0.4, -0.2) is 51.3 Å². The van der Waals surface area contributed by atoms with E-state index < -0.39 is 6.10 Å². The van der Waals surface area contributed by atoms with Crippen LogP contribution in [0.1, 0.15) is 296 Å². The average Bonchev–Trinajstić information content (AvgIpc) is 3.69. The molecule has 1 N–H and O–H groups in total. The van der Waals surface area contributed by atoms with Gasteiger partial charge in [-0.05, 0) is 64.0 Å². The van der Waals surface area contributed by atoms with E-state index in [-0.39, 0.29) is 12.1 Å². The zero-order valence-electron chi connectivity index (χ0n) is 41.9. The molecule has 0 aliphatic carbocycles. The van der Waals surface area contributed by atoms with Crippen LogP contribution in [0.2, 0.25) is 0 Å². The van der Waals surface area contributed by atoms with Gasteiger partial charge in [0.2, 0.25) is 0 Å². The standard InChI is InChI=1S/C55H107N3O3/c1-6-10-14-18-20-26-33-41-51(40-32-24-16-12-8-3)42-34-27-22-30-38-47-58(50-53(59)55-56-46-49-57(55)5)48-39-31-23-29-37-45-54(60)61-52(43-35-25-17-13-9-4)44-36-28-21-19-15-11-7-2/h46,49,51-53,59H,6-45,47-48,50H2,1-5H3. The van der Waals surface area contributed by atoms with Crippen molar-refractivity contribution in [2.45, 2.75) is 297 Å². The average molecular weight is 858 g/mol. The predicted molar refractivity (Wildman–Crippen MR) is 265 cm³/mol. The molecule has 0 saturated carbocycles. The van der Waals surface area contributed by atoms with E-state index >= 15 is 0 Å². The van der Waals surface area contributed by atoms with Gasteiger partial charge in [0, 0.05) is 32.4 Å². The molecular weight excluding hydrogens is 751 g/mol. The van der Waals surface area contributed by atoms with Crippen molar-refractivity contribution >= 4 is 5.97 Å². The van der Waals surface area contributed by atoms with Gasteiger partial charge in [-0.25, -0.2) is 4.98 Å². The number of carbonyl (C=O) groups excluding carboxylic acids is 1. The van der Waals surface area contributed by atoms with E-state index in [0.29, 0.717) is 13.0 Å². The monoisotopic (exact) mass is 858 g/mol. The molecule has 0 aromatic carbocycles. The summed E-state index contributed by atoms with van der Waals surface area (Å²) in [4.78, 5) is 19.8. The van der Waals surface area contributed by atoms with Crippen LogP contribution in [0.25, 0.3) is 0 Å². The van der Waals surface area contributed by atoms with Crippen LogP contribution in [0.3, 0.4) is 0 Å². The predicted octanol–water partition coefficient (Wildman–Crippen LogP) is 17.0. The fourth-order valence-electron chi connectivity index (χ4n) is 9.42. The summed E-state index contributed by atoms with van der Waals surface area (Å²) in [6.45, 7) is 11.9. The Bertz CT molecular complexity index is 1050. The van der Waals surface area contributed by atoms with Crippen molar-refractivity contribution in [3.63, 3.8) is 0 Å². The molecule has 3 atom stereocenters. The van der Waals surface area contributed by atoms with Gasteiger partial charge >= 0.3 is 5.97 Å². The molecule has 1 heterocycles. The highest BCUT2D eigenvalue weighted by Gasteiger charge is 2.18. The molecule has 1 aromatic rings. The first-order valence-corrected chi connectivity index (χ1v) is 27.5. The molecule has 360 valence electrons. The molecule has 1 rings (SSSR count). The lowest BCUT2D eigenvalue weighted by molar-refractivity contribution is -0.150. The molecule has 0 bridgehead atoms. The number of unbranched alkanes of at least 4 members (excludes halogenated alkanes) is 28. The number of nitrogens with zero attached hydrogens (tertiary/aromatic N) is 3. The summed E-state index contributed by atoms with van der Waals surface area (Å²) >= 11 is 0. The molecule has 0 aliphatic rings. The summed E-state index contributed by atoms with van der Waals surface area (Å²) in [7, 11) is 1.97. The van der Waals surface area contributed by atoms with E-state index in [2.05, 4.69) is 37.6 Å². The summed E-state index contributed by atoms with van der Waals surface area (Å²) < 4.78 is 8.04. The Morgan fingerprint density at radius 2 is 0.902 bits per heavy atom. The molecule has 0 spiro atoms. The van der Waals surface area contributed by atoms with Gasteiger partial charge in [-0.1, -0.05) is 233 Å². The number of hydrogen-bond donors (Lipinski definition) is 1. The van der Waals surface area contributed by atoms with E-state index in [1.54, 1.807) is 6.20 Å². The van der Waals surface area contributed by atoms with Gasteiger partial charge in [0.1, 0.15) is 18.0 Å². The summed E-state index contributed by atoms with van der Waals surface area (Å²) in [6.07, 6.45) is 54.7. The van der Waals surface area contributed by atoms with Crippen LogP contribution in [0.4, 0.5) is 0 Å². The number of carbonyl (C=O) groups is 1. The molecule has 6 nitrogen and oxygen atoms in total. The van der Waals surface area contributed by atoms with Crippen molar-refractivity contribution in [3.05, 3.63) is 18.2 Å². The number of imidazole rings is 1. The third kappa shape index (κ3) is 35.6. The van der Waals surface area contributed by atoms with Crippen molar-refractivity contribution in [1.82, 2.24) is 14.5 Å². The van der Waals surface area contributed by atoms with E-state index in [0.717, 1.165) is 63.4 Å². The van der Waals surface area contributed by atoms with Crippen molar-refractivity contribution in [2.24, 2.45) is 13.0 Å². The van der Waals surface area contributed by atoms with Crippen LogP contribution in [-0.2, 0) is 16.6 Å². The summed E-state index contributed by atoms with van der Waals surface area (Å²) in [6, 6.07) is 0. The highest BCUT2D eigenvalue weighted by molar-refractivity contribution is 5.69. The van der Waals surface area contributed by atoms with Crippen molar-refractivity contribution < 1.29 is 14.6 Å². The zero-order valence-corrected chi connectivity index (χ0v) is 41.9. The molecule has 6 heteroatoms. The summed E-state index contributed by atoms with van der Waals surface area (Å²) in [5.41, 5.74) is 0. The Kier molecular flexibility index (Phi) is 41.4. The third-order valence-electron chi connectivity index (χ3n) is 13.5. The number of aliphatic hydroxyl groups is 1. The van der Waals surface area contributed by atoms with Gasteiger partial charge in [-0.15, -0.1) is 0 Å². The largest absolute Gasteiger partial charge is 0.462 e. The number of aliphatic hydroxyl groups excluding tert-OH is 1. The SMILES string of the molecule is CCCCCCCCCC(CCCCCCC)CCCCCCCN(CCCCCCCC(=O)OC(CCCCCCC)CCCCCCCCC)CC(O)c1nccn1C. The fourth-order valence-corrected chi connectivity index (χ4v) is 9.42. The minimum atomic E-state index is -0.563. The smallest absolute Gasteiger partial charge is 0.306 e. The molecule has 0 amide bonds. The van der Waals surface area contributed by atoms with E-state index in [1.807, 2.05) is 17.8 Å². The maximum Gasteiger partial charge on any atom is 0.306 e. The minimum absolute atomic E-state index is 0.0251. The van der Waals surface area contributed by atoms with Gasteiger partial charge in [0.05, 0.1) is 0 Å². The molecule has 3 unspecified atom stereocenters. The summed E-state index contributed by atoms with van der Waals surface area (Å²) in [5.74, 6) is 1.73. The maximum absolute atomic E-state index is 12.9. The molecule has 61 heavy (non-hydrogen) atoms. The zero-order chi connectivity index (χ0) is 44.3. The van der Waals surface area contributed by atoms with Crippen molar-refractivity contribution in [1.29, 1.82) is 0 Å². The highest BCUT2D eigenvalue weighted by atomic mass is 16.5. The van der Waals surface area contributed by atoms with Crippen molar-refractivity contribution in [2.75, 3.05) is 19.6 Å². The second-order valence-electron chi connectivity index (χ2n) is 19.5. The quantitative estimate of drug-likeness (QED) is 0.0522. The molecule has 0 aliphatic heterocycles. The second-order valence-corrected chi connectivity index (χ2v) is 19.5. The third-order valence-corrected chi connectivity index (χ3v) is 13.5. The van der Waals surface area contributed by atoms with Crippen LogP contribution in [0.15, 0.2) is 12.4 Å². The topological polar surface area (TPSA) is 67.6 Å². The van der Waals surface area contributed by atoms with Gasteiger partial charge in [-0.3, -0.25) is 4.79 Å². The Labute approximate surface area is 381 Å². The Morgan fingerprint density at radius 1 is 0.541 bits per heavy atom. The van der Waals surface area contributed by atoms with Crippen LogP contribution >= 0.6 is 0 Å². The fraction of sp³-hybridized carbons (Fsp3) is 0.927. The van der Waals surface area contributed by atoms with Crippen LogP contribution < -0.4 is 0 Å². The lowest BCUT2D eigenvalue weighted by atomic mass is 9.89. The first-order valence-electron chi connectivity index (χ1n) is 27.5. The van der Waals surface area contributed by atoms with E-state index in [4.69, 9.17) is 4.74 Å². The summed E-state index contributed by atoms with van der Waals surface area (Å²) in [5, 5.41) is 11.1. The van der Waals surface area contributed by atoms with Gasteiger partial charge in [0.15, 0.2) is 0 Å². The van der Waals surface area contributed by atoms with Gasteiger partial charge in [-0.2, -0.15) is 0 Å². The van der Waals surface area contributed by atoms with Gasteiger partial charge < -0.3 is 19.3 Å². The number of esters is 1. The molecule has 0 fully saturated rings. The van der Waals surface area contributed by atoms with E-state index in [9.17, 15) is 9.90 Å². The Morgan fingerprint density at radius 3 is 1.30 bits per heavy atom. The first kappa shape index (κ1) is 57.6. The van der Waals surface area contributed by atoms with Gasteiger partial charge in [0.25, 0.3) is 0 Å². The maximum atomic E-state index is 12.9. The van der Waals surface area contributed by atoms with E-state index in [1.165, 1.54) is 212 Å². The number of hydrogen-bond acceptors (Lipinski definition) is 5. The molecule has 1 aromatic heterocycles. The van der Waals surface area contributed by atoms with Crippen LogP contribution in [0, 0.1) is 5.92 Å². The highest BCUT2D eigenvalue weighted by Crippen LogP contribution is 2.25. The molecule has 0 radical (unpaired) electrons. The lowest BCUT2D eigenvalue weighted by Gasteiger charge is -2.25. The van der Waals surface area contributed by atoms with Crippen molar-refractivity contribution in [3.8, 4) is 0 Å². The molecular formula is C55H107N3O3. The Hall–Kier alpha value is -1.40.